The van der Waals surface area contributed by atoms with Crippen molar-refractivity contribution in [1.82, 2.24) is 0 Å². The van der Waals surface area contributed by atoms with Crippen LogP contribution < -0.4 is 0 Å². The summed E-state index contributed by atoms with van der Waals surface area (Å²) in [5, 5.41) is 14.8. The summed E-state index contributed by atoms with van der Waals surface area (Å²) in [6, 6.07) is 23.0. The van der Waals surface area contributed by atoms with Crippen molar-refractivity contribution < 1.29 is 33.7 Å². The molecule has 1 N–H and O–H groups in total. The van der Waals surface area contributed by atoms with Gasteiger partial charge in [0.2, 0.25) is 0 Å². The zero-order valence-corrected chi connectivity index (χ0v) is 21.1. The van der Waals surface area contributed by atoms with Crippen LogP contribution in [0.25, 0.3) is 0 Å². The van der Waals surface area contributed by atoms with Gasteiger partial charge in [0.25, 0.3) is 0 Å². The van der Waals surface area contributed by atoms with E-state index in [4.69, 9.17) is 19.0 Å². The third-order valence-electron chi connectivity index (χ3n) is 5.50. The van der Waals surface area contributed by atoms with Crippen molar-refractivity contribution in [3.63, 3.8) is 0 Å². The van der Waals surface area contributed by atoms with Crippen LogP contribution in [0, 0.1) is 13.8 Å². The quantitative estimate of drug-likeness (QED) is 0.223. The average molecular weight is 506 g/mol. The molecular formula is C29H31NO7. The van der Waals surface area contributed by atoms with Crippen LogP contribution in [0.1, 0.15) is 37.4 Å². The van der Waals surface area contributed by atoms with Crippen molar-refractivity contribution in [1.29, 1.82) is 0 Å². The fourth-order valence-corrected chi connectivity index (χ4v) is 3.38. The third-order valence-corrected chi connectivity index (χ3v) is 5.50. The topological polar surface area (TPSA) is 104 Å². The molecule has 0 unspecified atom stereocenters. The SMILES string of the molecule is CO/N=C\[C@H](OCc1ccccc1)[C@@H](OC(=O)c1ccc(C)cc1)[C@H](O)COC(=O)c1ccc(C)cc1. The number of benzene rings is 3. The van der Waals surface area contributed by atoms with Crippen molar-refractivity contribution in [2.75, 3.05) is 13.7 Å². The van der Waals surface area contributed by atoms with Gasteiger partial charge in [-0.1, -0.05) is 70.9 Å². The number of carbonyl (C=O) groups is 2. The second-order valence-electron chi connectivity index (χ2n) is 8.47. The van der Waals surface area contributed by atoms with Gasteiger partial charge in [-0.3, -0.25) is 0 Å². The molecule has 0 fully saturated rings. The number of ether oxygens (including phenoxy) is 3. The second kappa shape index (κ2) is 13.9. The summed E-state index contributed by atoms with van der Waals surface area (Å²) < 4.78 is 17.0. The number of rotatable bonds is 12. The summed E-state index contributed by atoms with van der Waals surface area (Å²) in [5.41, 5.74) is 3.47. The van der Waals surface area contributed by atoms with Crippen molar-refractivity contribution in [3.8, 4) is 0 Å². The van der Waals surface area contributed by atoms with Crippen LogP contribution in [0.4, 0.5) is 0 Å². The molecule has 0 radical (unpaired) electrons. The highest BCUT2D eigenvalue weighted by atomic mass is 16.6. The molecule has 3 aromatic carbocycles. The maximum atomic E-state index is 12.9. The molecule has 0 amide bonds. The van der Waals surface area contributed by atoms with Crippen molar-refractivity contribution in [2.24, 2.45) is 5.16 Å². The Hall–Kier alpha value is -4.01. The number of carbonyl (C=O) groups excluding carboxylic acids is 2. The summed E-state index contributed by atoms with van der Waals surface area (Å²) in [7, 11) is 1.36. The Morgan fingerprint density at radius 1 is 0.865 bits per heavy atom. The normalized spacial score (nSPS) is 13.5. The van der Waals surface area contributed by atoms with Gasteiger partial charge in [-0.15, -0.1) is 0 Å². The van der Waals surface area contributed by atoms with Gasteiger partial charge in [0.05, 0.1) is 23.9 Å². The molecule has 0 bridgehead atoms. The third kappa shape index (κ3) is 8.56. The molecule has 0 aliphatic rings. The van der Waals surface area contributed by atoms with E-state index in [0.29, 0.717) is 11.1 Å². The van der Waals surface area contributed by atoms with Crippen LogP contribution in [-0.2, 0) is 25.7 Å². The predicted octanol–water partition coefficient (Wildman–Crippen LogP) is 4.26. The molecule has 3 atom stereocenters. The maximum absolute atomic E-state index is 12.9. The molecule has 0 saturated heterocycles. The molecule has 37 heavy (non-hydrogen) atoms. The molecule has 0 aliphatic carbocycles. The summed E-state index contributed by atoms with van der Waals surface area (Å²) in [6.45, 7) is 3.52. The molecule has 8 heteroatoms. The maximum Gasteiger partial charge on any atom is 0.338 e. The van der Waals surface area contributed by atoms with Gasteiger partial charge in [0.15, 0.2) is 6.10 Å². The number of aliphatic hydroxyl groups excluding tert-OH is 1. The predicted molar refractivity (Wildman–Crippen MR) is 138 cm³/mol. The molecule has 0 saturated carbocycles. The molecule has 3 rings (SSSR count). The van der Waals surface area contributed by atoms with E-state index in [1.54, 1.807) is 48.5 Å². The Kier molecular flexibility index (Phi) is 10.4. The summed E-state index contributed by atoms with van der Waals surface area (Å²) in [6.07, 6.45) is -2.40. The van der Waals surface area contributed by atoms with E-state index in [9.17, 15) is 14.7 Å². The van der Waals surface area contributed by atoms with Crippen molar-refractivity contribution in [2.45, 2.75) is 38.8 Å². The summed E-state index contributed by atoms with van der Waals surface area (Å²) in [5.74, 6) is -1.29. The lowest BCUT2D eigenvalue weighted by Crippen LogP contribution is -2.46. The fraction of sp³-hybridized carbons (Fsp3) is 0.276. The molecule has 0 aromatic heterocycles. The Bertz CT molecular complexity index is 1160. The lowest BCUT2D eigenvalue weighted by Gasteiger charge is -2.28. The molecule has 3 aromatic rings. The molecule has 8 nitrogen and oxygen atoms in total. The molecule has 0 aliphatic heterocycles. The van der Waals surface area contributed by atoms with Crippen molar-refractivity contribution >= 4 is 18.2 Å². The van der Waals surface area contributed by atoms with Crippen LogP contribution in [0.2, 0.25) is 0 Å². The van der Waals surface area contributed by atoms with Gasteiger partial charge in [0.1, 0.15) is 25.9 Å². The van der Waals surface area contributed by atoms with Crippen LogP contribution in [0.5, 0.6) is 0 Å². The highest BCUT2D eigenvalue weighted by molar-refractivity contribution is 5.90. The number of aryl methyl sites for hydroxylation is 2. The van der Waals surface area contributed by atoms with E-state index >= 15 is 0 Å². The first-order valence-corrected chi connectivity index (χ1v) is 11.8. The van der Waals surface area contributed by atoms with Gasteiger partial charge in [-0.05, 0) is 43.7 Å². The zero-order chi connectivity index (χ0) is 26.6. The number of esters is 2. The molecule has 0 heterocycles. The first kappa shape index (κ1) is 27.6. The van der Waals surface area contributed by atoms with Gasteiger partial charge in [-0.2, -0.15) is 0 Å². The molecular weight excluding hydrogens is 474 g/mol. The van der Waals surface area contributed by atoms with E-state index in [1.807, 2.05) is 44.2 Å². The standard InChI is InChI=1S/C29H31NO7/c1-20-9-13-23(14-10-20)28(32)36-19-25(31)27(37-29(33)24-15-11-21(2)12-16-24)26(17-30-34-3)35-18-22-7-5-4-6-8-22/h4-17,25-27,31H,18-19H2,1-3H3/b30-17-/t25-,26+,27+/m1/s1. The number of hydrogen-bond acceptors (Lipinski definition) is 8. The lowest BCUT2D eigenvalue weighted by atomic mass is 10.1. The smallest absolute Gasteiger partial charge is 0.338 e. The second-order valence-corrected chi connectivity index (χ2v) is 8.47. The summed E-state index contributed by atoms with van der Waals surface area (Å²) in [4.78, 5) is 30.2. The van der Waals surface area contributed by atoms with Gasteiger partial charge < -0.3 is 24.2 Å². The Morgan fingerprint density at radius 2 is 1.43 bits per heavy atom. The van der Waals surface area contributed by atoms with E-state index in [0.717, 1.165) is 16.7 Å². The van der Waals surface area contributed by atoms with E-state index in [1.165, 1.54) is 13.3 Å². The first-order chi connectivity index (χ1) is 17.9. The highest BCUT2D eigenvalue weighted by Gasteiger charge is 2.34. The van der Waals surface area contributed by atoms with E-state index in [-0.39, 0.29) is 6.61 Å². The minimum absolute atomic E-state index is 0.149. The van der Waals surface area contributed by atoms with Gasteiger partial charge in [0, 0.05) is 0 Å². The molecule has 194 valence electrons. The number of oxime groups is 1. The highest BCUT2D eigenvalue weighted by Crippen LogP contribution is 2.16. The largest absolute Gasteiger partial charge is 0.459 e. The zero-order valence-electron chi connectivity index (χ0n) is 21.1. The first-order valence-electron chi connectivity index (χ1n) is 11.8. The van der Waals surface area contributed by atoms with Crippen LogP contribution >= 0.6 is 0 Å². The summed E-state index contributed by atoms with van der Waals surface area (Å²) >= 11 is 0. The minimum Gasteiger partial charge on any atom is -0.459 e. The van der Waals surface area contributed by atoms with Crippen LogP contribution in [-0.4, -0.2) is 55.3 Å². The minimum atomic E-state index is -1.42. The number of hydrogen-bond donors (Lipinski definition) is 1. The number of aliphatic hydroxyl groups is 1. The van der Waals surface area contributed by atoms with Crippen LogP contribution in [0.15, 0.2) is 84.0 Å². The van der Waals surface area contributed by atoms with Gasteiger partial charge >= 0.3 is 11.9 Å². The Morgan fingerprint density at radius 3 is 2.00 bits per heavy atom. The Balaban J connectivity index is 1.79. The number of nitrogens with zero attached hydrogens (tertiary/aromatic N) is 1. The van der Waals surface area contributed by atoms with Crippen LogP contribution in [0.3, 0.4) is 0 Å². The monoisotopic (exact) mass is 505 g/mol. The lowest BCUT2D eigenvalue weighted by molar-refractivity contribution is -0.0927. The molecule has 0 spiro atoms. The van der Waals surface area contributed by atoms with Gasteiger partial charge in [-0.25, -0.2) is 9.59 Å². The Labute approximate surface area is 216 Å². The average Bonchev–Trinajstić information content (AvgIpc) is 2.92. The fourth-order valence-electron chi connectivity index (χ4n) is 3.38. The van der Waals surface area contributed by atoms with Crippen molar-refractivity contribution in [3.05, 3.63) is 107 Å². The van der Waals surface area contributed by atoms with E-state index in [2.05, 4.69) is 5.16 Å². The van der Waals surface area contributed by atoms with E-state index < -0.39 is 36.9 Å².